The number of amides is 1. The predicted octanol–water partition coefficient (Wildman–Crippen LogP) is 3.88. The van der Waals surface area contributed by atoms with E-state index in [1.165, 1.54) is 35.7 Å². The van der Waals surface area contributed by atoms with Gasteiger partial charge in [0.15, 0.2) is 19.0 Å². The zero-order valence-corrected chi connectivity index (χ0v) is 16.9. The monoisotopic (exact) mass is 408 g/mol. The van der Waals surface area contributed by atoms with Crippen LogP contribution in [0.4, 0.5) is 5.69 Å². The van der Waals surface area contributed by atoms with Crippen molar-refractivity contribution in [3.63, 3.8) is 0 Å². The van der Waals surface area contributed by atoms with E-state index < -0.39 is 18.5 Å². The van der Waals surface area contributed by atoms with Crippen LogP contribution >= 0.6 is 11.8 Å². The Hall–Kier alpha value is -3.32. The standard InChI is InChI=1S/C22H20N2O4S/c1-15-3-6-20(13-16(15)2)29-19-7-4-18(5-8-19)23-21(25)14-28-22(26)17-9-11-24(27)12-10-17/h3-13H,14H2,1-2H3,(H,23,25). The summed E-state index contributed by atoms with van der Waals surface area (Å²) in [7, 11) is 0. The van der Waals surface area contributed by atoms with Crippen LogP contribution in [0.1, 0.15) is 21.5 Å². The largest absolute Gasteiger partial charge is 0.619 e. The molecule has 0 bridgehead atoms. The quantitative estimate of drug-likeness (QED) is 0.380. The summed E-state index contributed by atoms with van der Waals surface area (Å²) in [4.78, 5) is 26.1. The molecule has 0 aliphatic heterocycles. The van der Waals surface area contributed by atoms with Gasteiger partial charge in [0.05, 0.1) is 5.56 Å². The first-order chi connectivity index (χ1) is 13.9. The van der Waals surface area contributed by atoms with E-state index in [-0.39, 0.29) is 5.56 Å². The van der Waals surface area contributed by atoms with Crippen molar-refractivity contribution in [2.24, 2.45) is 0 Å². The second kappa shape index (κ2) is 9.25. The number of nitrogens with zero attached hydrogens (tertiary/aromatic N) is 1. The SMILES string of the molecule is Cc1ccc(Sc2ccc(NC(=O)COC(=O)c3cc[n+]([O-])cc3)cc2)cc1C. The average Bonchev–Trinajstić information content (AvgIpc) is 2.71. The maximum absolute atomic E-state index is 12.0. The van der Waals surface area contributed by atoms with E-state index in [2.05, 4.69) is 37.4 Å². The van der Waals surface area contributed by atoms with E-state index in [0.29, 0.717) is 10.4 Å². The Labute approximate surface area is 173 Å². The van der Waals surface area contributed by atoms with Gasteiger partial charge in [0, 0.05) is 27.6 Å². The van der Waals surface area contributed by atoms with Crippen LogP contribution in [-0.2, 0) is 9.53 Å². The number of rotatable bonds is 6. The van der Waals surface area contributed by atoms with E-state index in [1.807, 2.05) is 12.1 Å². The Bertz CT molecular complexity index is 1020. The molecule has 0 aliphatic carbocycles. The van der Waals surface area contributed by atoms with E-state index in [0.717, 1.165) is 9.79 Å². The predicted molar refractivity (Wildman–Crippen MR) is 111 cm³/mol. The molecule has 6 nitrogen and oxygen atoms in total. The number of pyridine rings is 1. The first-order valence-electron chi connectivity index (χ1n) is 8.92. The van der Waals surface area contributed by atoms with Gasteiger partial charge in [-0.25, -0.2) is 4.79 Å². The van der Waals surface area contributed by atoms with Crippen LogP contribution in [0, 0.1) is 19.1 Å². The van der Waals surface area contributed by atoms with Crippen molar-refractivity contribution >= 4 is 29.3 Å². The van der Waals surface area contributed by atoms with E-state index in [1.54, 1.807) is 23.9 Å². The Morgan fingerprint density at radius 1 is 0.966 bits per heavy atom. The molecule has 0 saturated heterocycles. The van der Waals surface area contributed by atoms with Gasteiger partial charge >= 0.3 is 5.97 Å². The number of carbonyl (C=O) groups is 2. The molecule has 0 radical (unpaired) electrons. The summed E-state index contributed by atoms with van der Waals surface area (Å²) in [5.74, 6) is -1.11. The number of ether oxygens (including phenoxy) is 1. The Balaban J connectivity index is 1.51. The maximum Gasteiger partial charge on any atom is 0.339 e. The summed E-state index contributed by atoms with van der Waals surface area (Å²) in [6.07, 6.45) is 2.38. The van der Waals surface area contributed by atoms with Crippen LogP contribution in [0.5, 0.6) is 0 Å². The highest BCUT2D eigenvalue weighted by Gasteiger charge is 2.11. The molecule has 29 heavy (non-hydrogen) atoms. The van der Waals surface area contributed by atoms with Gasteiger partial charge in [-0.3, -0.25) is 4.79 Å². The summed E-state index contributed by atoms with van der Waals surface area (Å²) in [5.41, 5.74) is 3.32. The molecule has 0 aliphatic rings. The van der Waals surface area contributed by atoms with Crippen LogP contribution in [0.15, 0.2) is 76.8 Å². The van der Waals surface area contributed by atoms with E-state index in [9.17, 15) is 14.8 Å². The summed E-state index contributed by atoms with van der Waals surface area (Å²) < 4.78 is 5.52. The number of aryl methyl sites for hydroxylation is 2. The summed E-state index contributed by atoms with van der Waals surface area (Å²) in [5, 5.41) is 13.7. The number of aromatic nitrogens is 1. The fourth-order valence-electron chi connectivity index (χ4n) is 2.48. The molecular formula is C22H20N2O4S. The molecule has 3 rings (SSSR count). The molecule has 1 heterocycles. The van der Waals surface area contributed by atoms with Gasteiger partial charge in [-0.05, 0) is 61.4 Å². The lowest BCUT2D eigenvalue weighted by Crippen LogP contribution is -2.25. The van der Waals surface area contributed by atoms with Crippen molar-refractivity contribution in [2.75, 3.05) is 11.9 Å². The molecule has 3 aromatic rings. The van der Waals surface area contributed by atoms with Gasteiger partial charge in [-0.2, -0.15) is 4.73 Å². The van der Waals surface area contributed by atoms with Crippen LogP contribution in [-0.4, -0.2) is 18.5 Å². The first kappa shape index (κ1) is 20.4. The molecule has 148 valence electrons. The van der Waals surface area contributed by atoms with Gasteiger partial charge in [0.25, 0.3) is 5.91 Å². The third-order valence-corrected chi connectivity index (χ3v) is 5.22. The number of nitrogens with one attached hydrogen (secondary N) is 1. The third-order valence-electron chi connectivity index (χ3n) is 4.22. The van der Waals surface area contributed by atoms with Crippen molar-refractivity contribution in [2.45, 2.75) is 23.6 Å². The van der Waals surface area contributed by atoms with Crippen molar-refractivity contribution in [1.82, 2.24) is 0 Å². The van der Waals surface area contributed by atoms with Gasteiger partial charge in [-0.15, -0.1) is 0 Å². The molecule has 2 aromatic carbocycles. The third kappa shape index (κ3) is 5.83. The zero-order valence-electron chi connectivity index (χ0n) is 16.0. The van der Waals surface area contributed by atoms with E-state index >= 15 is 0 Å². The molecule has 1 aromatic heterocycles. The van der Waals surface area contributed by atoms with E-state index in [4.69, 9.17) is 4.74 Å². The van der Waals surface area contributed by atoms with Crippen molar-refractivity contribution < 1.29 is 19.1 Å². The van der Waals surface area contributed by atoms with Crippen LogP contribution in [0.25, 0.3) is 0 Å². The van der Waals surface area contributed by atoms with Crippen LogP contribution < -0.4 is 10.0 Å². The van der Waals surface area contributed by atoms with Crippen LogP contribution in [0.2, 0.25) is 0 Å². The summed E-state index contributed by atoms with van der Waals surface area (Å²) in [6.45, 7) is 3.76. The van der Waals surface area contributed by atoms with Gasteiger partial charge in [0.2, 0.25) is 0 Å². The number of esters is 1. The number of hydrogen-bond acceptors (Lipinski definition) is 5. The summed E-state index contributed by atoms with van der Waals surface area (Å²) >= 11 is 1.64. The minimum absolute atomic E-state index is 0.206. The Morgan fingerprint density at radius 3 is 2.28 bits per heavy atom. The zero-order chi connectivity index (χ0) is 20.8. The number of hydrogen-bond donors (Lipinski definition) is 1. The highest BCUT2D eigenvalue weighted by Crippen LogP contribution is 2.29. The fraction of sp³-hybridized carbons (Fsp3) is 0.136. The topological polar surface area (TPSA) is 82.3 Å². The first-order valence-corrected chi connectivity index (χ1v) is 9.73. The molecule has 1 amide bonds. The lowest BCUT2D eigenvalue weighted by molar-refractivity contribution is -0.605. The lowest BCUT2D eigenvalue weighted by Gasteiger charge is -2.08. The molecule has 0 spiro atoms. The molecule has 0 atom stereocenters. The van der Waals surface area contributed by atoms with Crippen molar-refractivity contribution in [3.05, 3.63) is 88.9 Å². The average molecular weight is 408 g/mol. The highest BCUT2D eigenvalue weighted by molar-refractivity contribution is 7.99. The minimum Gasteiger partial charge on any atom is -0.619 e. The number of carbonyl (C=O) groups excluding carboxylic acids is 2. The summed E-state index contributed by atoms with van der Waals surface area (Å²) in [6, 6.07) is 16.4. The second-order valence-corrected chi connectivity index (χ2v) is 7.59. The minimum atomic E-state index is -0.666. The Morgan fingerprint density at radius 2 is 1.62 bits per heavy atom. The van der Waals surface area contributed by atoms with Gasteiger partial charge in [0.1, 0.15) is 0 Å². The van der Waals surface area contributed by atoms with Gasteiger partial charge < -0.3 is 15.3 Å². The molecule has 7 heteroatoms. The molecule has 0 unspecified atom stereocenters. The van der Waals surface area contributed by atoms with Gasteiger partial charge in [-0.1, -0.05) is 17.8 Å². The molecule has 1 N–H and O–H groups in total. The molecular weight excluding hydrogens is 388 g/mol. The molecule has 0 saturated carbocycles. The number of benzene rings is 2. The fourth-order valence-corrected chi connectivity index (χ4v) is 3.40. The van der Waals surface area contributed by atoms with Crippen molar-refractivity contribution in [3.8, 4) is 0 Å². The maximum atomic E-state index is 12.0. The lowest BCUT2D eigenvalue weighted by atomic mass is 10.1. The molecule has 0 fully saturated rings. The van der Waals surface area contributed by atoms with Crippen LogP contribution in [0.3, 0.4) is 0 Å². The normalized spacial score (nSPS) is 10.4. The smallest absolute Gasteiger partial charge is 0.339 e. The number of anilines is 1. The Kier molecular flexibility index (Phi) is 6.51. The highest BCUT2D eigenvalue weighted by atomic mass is 32.2. The van der Waals surface area contributed by atoms with Crippen molar-refractivity contribution in [1.29, 1.82) is 0 Å². The second-order valence-electron chi connectivity index (χ2n) is 6.44.